The Labute approximate surface area is 152 Å². The van der Waals surface area contributed by atoms with Gasteiger partial charge in [-0.05, 0) is 48.6 Å². The molecule has 0 aliphatic heterocycles. The number of carbonyl (C=O) groups excluding carboxylic acids is 1. The number of aryl methyl sites for hydroxylation is 2. The third-order valence-corrected chi connectivity index (χ3v) is 4.94. The van der Waals surface area contributed by atoms with E-state index in [4.69, 9.17) is 0 Å². The van der Waals surface area contributed by atoms with E-state index in [2.05, 4.69) is 53.3 Å². The molecule has 0 fully saturated rings. The standard InChI is InChI=1S/C21H22N2OS/c1-15-8-10-17(11-9-15)21(19-7-4-12-25-19)22-14-20(24)23-18-6-3-5-16(2)13-18/h3-13,21-22H,14H2,1-2H3,(H,23,24)/t21-/m1/s1. The van der Waals surface area contributed by atoms with Gasteiger partial charge in [0.25, 0.3) is 0 Å². The quantitative estimate of drug-likeness (QED) is 0.677. The average Bonchev–Trinajstić information content (AvgIpc) is 3.11. The minimum atomic E-state index is -0.0423. The molecule has 0 unspecified atom stereocenters. The van der Waals surface area contributed by atoms with Gasteiger partial charge in [-0.3, -0.25) is 10.1 Å². The van der Waals surface area contributed by atoms with E-state index < -0.39 is 0 Å². The molecule has 1 amide bonds. The summed E-state index contributed by atoms with van der Waals surface area (Å²) in [6.07, 6.45) is 0. The summed E-state index contributed by atoms with van der Waals surface area (Å²) in [4.78, 5) is 13.5. The predicted octanol–water partition coefficient (Wildman–Crippen LogP) is 4.68. The molecule has 2 aromatic carbocycles. The molecule has 128 valence electrons. The zero-order chi connectivity index (χ0) is 17.6. The molecule has 3 nitrogen and oxygen atoms in total. The normalized spacial score (nSPS) is 11.9. The van der Waals surface area contributed by atoms with Crippen LogP contribution in [0.5, 0.6) is 0 Å². The number of rotatable bonds is 6. The number of hydrogen-bond acceptors (Lipinski definition) is 3. The SMILES string of the molecule is Cc1ccc([C@@H](NCC(=O)Nc2cccc(C)c2)c2cccs2)cc1. The van der Waals surface area contributed by atoms with Crippen LogP contribution in [0, 0.1) is 13.8 Å². The molecule has 0 aliphatic rings. The molecule has 4 heteroatoms. The summed E-state index contributed by atoms with van der Waals surface area (Å²) >= 11 is 1.69. The van der Waals surface area contributed by atoms with Gasteiger partial charge >= 0.3 is 0 Å². The Bertz CT molecular complexity index is 825. The molecule has 3 rings (SSSR count). The summed E-state index contributed by atoms with van der Waals surface area (Å²) < 4.78 is 0. The first kappa shape index (κ1) is 17.4. The van der Waals surface area contributed by atoms with Crippen molar-refractivity contribution in [3.05, 3.63) is 87.6 Å². The number of benzene rings is 2. The Morgan fingerprint density at radius 3 is 2.48 bits per heavy atom. The van der Waals surface area contributed by atoms with Crippen LogP contribution < -0.4 is 10.6 Å². The van der Waals surface area contributed by atoms with E-state index in [-0.39, 0.29) is 18.5 Å². The van der Waals surface area contributed by atoms with Crippen LogP contribution in [0.25, 0.3) is 0 Å². The van der Waals surface area contributed by atoms with Gasteiger partial charge in [0.1, 0.15) is 0 Å². The van der Waals surface area contributed by atoms with Crippen LogP contribution in [0.4, 0.5) is 5.69 Å². The average molecular weight is 350 g/mol. The molecule has 3 aromatic rings. The van der Waals surface area contributed by atoms with Crippen molar-refractivity contribution in [1.82, 2.24) is 5.32 Å². The summed E-state index contributed by atoms with van der Waals surface area (Å²) in [6, 6.07) is 20.4. The maximum Gasteiger partial charge on any atom is 0.238 e. The molecule has 1 aromatic heterocycles. The zero-order valence-electron chi connectivity index (χ0n) is 14.5. The van der Waals surface area contributed by atoms with Crippen LogP contribution in [0.1, 0.15) is 27.6 Å². The molecule has 25 heavy (non-hydrogen) atoms. The van der Waals surface area contributed by atoms with E-state index >= 15 is 0 Å². The minimum Gasteiger partial charge on any atom is -0.325 e. The first-order chi connectivity index (χ1) is 12.1. The largest absolute Gasteiger partial charge is 0.325 e. The van der Waals surface area contributed by atoms with Crippen molar-refractivity contribution >= 4 is 22.9 Å². The summed E-state index contributed by atoms with van der Waals surface area (Å²) in [5, 5.41) is 8.40. The molecule has 0 saturated carbocycles. The molecular formula is C21H22N2OS. The van der Waals surface area contributed by atoms with Gasteiger partial charge in [0.05, 0.1) is 12.6 Å². The van der Waals surface area contributed by atoms with Gasteiger partial charge in [-0.25, -0.2) is 0 Å². The number of amides is 1. The van der Waals surface area contributed by atoms with Gasteiger partial charge < -0.3 is 5.32 Å². The fraction of sp³-hybridized carbons (Fsp3) is 0.190. The lowest BCUT2D eigenvalue weighted by Crippen LogP contribution is -2.31. The van der Waals surface area contributed by atoms with E-state index in [1.54, 1.807) is 11.3 Å². The van der Waals surface area contributed by atoms with Crippen LogP contribution in [0.15, 0.2) is 66.0 Å². The second kappa shape index (κ2) is 8.10. The molecule has 2 N–H and O–H groups in total. The van der Waals surface area contributed by atoms with Crippen molar-refractivity contribution in [2.75, 3.05) is 11.9 Å². The van der Waals surface area contributed by atoms with E-state index in [0.717, 1.165) is 16.8 Å². The van der Waals surface area contributed by atoms with Crippen LogP contribution in [-0.2, 0) is 4.79 Å². The van der Waals surface area contributed by atoms with Gasteiger partial charge in [-0.1, -0.05) is 48.0 Å². The summed E-state index contributed by atoms with van der Waals surface area (Å²) in [5.41, 5.74) is 4.35. The maximum absolute atomic E-state index is 12.3. The first-order valence-electron chi connectivity index (χ1n) is 8.32. The van der Waals surface area contributed by atoms with E-state index in [0.29, 0.717) is 0 Å². The second-order valence-electron chi connectivity index (χ2n) is 6.16. The summed E-state index contributed by atoms with van der Waals surface area (Å²) in [6.45, 7) is 4.34. The lowest BCUT2D eigenvalue weighted by Gasteiger charge is -2.18. The van der Waals surface area contributed by atoms with Crippen molar-refractivity contribution in [2.24, 2.45) is 0 Å². The van der Waals surface area contributed by atoms with Gasteiger partial charge in [0, 0.05) is 10.6 Å². The fourth-order valence-electron chi connectivity index (χ4n) is 2.72. The lowest BCUT2D eigenvalue weighted by molar-refractivity contribution is -0.115. The number of hydrogen-bond donors (Lipinski definition) is 2. The van der Waals surface area contributed by atoms with Crippen molar-refractivity contribution < 1.29 is 4.79 Å². The number of anilines is 1. The Balaban J connectivity index is 1.68. The summed E-state index contributed by atoms with van der Waals surface area (Å²) in [7, 11) is 0. The topological polar surface area (TPSA) is 41.1 Å². The maximum atomic E-state index is 12.3. The van der Waals surface area contributed by atoms with Gasteiger partial charge in [-0.15, -0.1) is 11.3 Å². The van der Waals surface area contributed by atoms with E-state index in [1.807, 2.05) is 37.3 Å². The highest BCUT2D eigenvalue weighted by atomic mass is 32.1. The van der Waals surface area contributed by atoms with Crippen LogP contribution in [0.3, 0.4) is 0 Å². The van der Waals surface area contributed by atoms with Crippen LogP contribution in [-0.4, -0.2) is 12.5 Å². The van der Waals surface area contributed by atoms with Crippen LogP contribution in [0.2, 0.25) is 0 Å². The van der Waals surface area contributed by atoms with Crippen molar-refractivity contribution in [1.29, 1.82) is 0 Å². The Hall–Kier alpha value is -2.43. The molecular weight excluding hydrogens is 328 g/mol. The Kier molecular flexibility index (Phi) is 5.64. The van der Waals surface area contributed by atoms with Gasteiger partial charge in [0.2, 0.25) is 5.91 Å². The highest BCUT2D eigenvalue weighted by Gasteiger charge is 2.16. The highest BCUT2D eigenvalue weighted by Crippen LogP contribution is 2.26. The molecule has 1 heterocycles. The third-order valence-electron chi connectivity index (χ3n) is 4.01. The van der Waals surface area contributed by atoms with Crippen molar-refractivity contribution in [3.8, 4) is 0 Å². The molecule has 0 radical (unpaired) electrons. The smallest absolute Gasteiger partial charge is 0.238 e. The second-order valence-corrected chi connectivity index (χ2v) is 7.14. The van der Waals surface area contributed by atoms with E-state index in [1.165, 1.54) is 10.4 Å². The van der Waals surface area contributed by atoms with Crippen molar-refractivity contribution in [2.45, 2.75) is 19.9 Å². The van der Waals surface area contributed by atoms with Crippen molar-refractivity contribution in [3.63, 3.8) is 0 Å². The van der Waals surface area contributed by atoms with Gasteiger partial charge in [-0.2, -0.15) is 0 Å². The highest BCUT2D eigenvalue weighted by molar-refractivity contribution is 7.10. The molecule has 0 aliphatic carbocycles. The molecule has 0 bridgehead atoms. The summed E-state index contributed by atoms with van der Waals surface area (Å²) in [5.74, 6) is -0.0423. The Morgan fingerprint density at radius 2 is 1.80 bits per heavy atom. The lowest BCUT2D eigenvalue weighted by atomic mass is 10.0. The zero-order valence-corrected chi connectivity index (χ0v) is 15.3. The number of nitrogens with one attached hydrogen (secondary N) is 2. The molecule has 0 saturated heterocycles. The van der Waals surface area contributed by atoms with E-state index in [9.17, 15) is 4.79 Å². The van der Waals surface area contributed by atoms with Crippen LogP contribution >= 0.6 is 11.3 Å². The minimum absolute atomic E-state index is 0.0175. The predicted molar refractivity (Wildman–Crippen MR) is 105 cm³/mol. The fourth-order valence-corrected chi connectivity index (χ4v) is 3.55. The number of carbonyl (C=O) groups is 1. The first-order valence-corrected chi connectivity index (χ1v) is 9.19. The number of thiophene rings is 1. The molecule has 1 atom stereocenters. The third kappa shape index (κ3) is 4.78. The van der Waals surface area contributed by atoms with Gasteiger partial charge in [0.15, 0.2) is 0 Å². The molecule has 0 spiro atoms. The Morgan fingerprint density at radius 1 is 1.00 bits per heavy atom. The monoisotopic (exact) mass is 350 g/mol.